The number of nitrogens with zero attached hydrogens (tertiary/aromatic N) is 2. The lowest BCUT2D eigenvalue weighted by Gasteiger charge is -2.34. The summed E-state index contributed by atoms with van der Waals surface area (Å²) in [6.45, 7) is 3.64. The molecule has 9 nitrogen and oxygen atoms in total. The summed E-state index contributed by atoms with van der Waals surface area (Å²) in [7, 11) is 1.97. The Bertz CT molecular complexity index is 907. The molecule has 4 rings (SSSR count). The van der Waals surface area contributed by atoms with E-state index in [4.69, 9.17) is 14.2 Å². The largest absolute Gasteiger partial charge is 0.454 e. The molecule has 2 amide bonds. The first-order valence-corrected chi connectivity index (χ1v) is 9.99. The highest BCUT2D eigenvalue weighted by Gasteiger charge is 2.26. The molecule has 0 aliphatic carbocycles. The van der Waals surface area contributed by atoms with Gasteiger partial charge in [0.05, 0.1) is 19.3 Å². The van der Waals surface area contributed by atoms with Gasteiger partial charge in [-0.25, -0.2) is 0 Å². The van der Waals surface area contributed by atoms with E-state index in [9.17, 15) is 9.59 Å². The fourth-order valence-electron chi connectivity index (χ4n) is 3.71. The maximum absolute atomic E-state index is 12.4. The molecule has 2 aromatic rings. The molecule has 2 aliphatic rings. The Morgan fingerprint density at radius 1 is 1.07 bits per heavy atom. The van der Waals surface area contributed by atoms with Crippen molar-refractivity contribution in [3.63, 3.8) is 0 Å². The second-order valence-corrected chi connectivity index (χ2v) is 7.29. The monoisotopic (exact) mass is 414 g/mol. The lowest BCUT2D eigenvalue weighted by atomic mass is 10.1. The number of fused-ring (bicyclic) bond motifs is 1. The Hall–Kier alpha value is -3.04. The standard InChI is InChI=1S/C21H26N4O5/c1-24-6-2-3-16(24)17(25-7-9-28-10-8-25)13-23-21(27)20(26)22-12-15-4-5-18-19(11-15)30-14-29-18/h2-6,11,17H,7-10,12-14H2,1H3,(H,22,26)(H,23,27)/t17-/m1/s1. The number of aromatic nitrogens is 1. The maximum atomic E-state index is 12.4. The second kappa shape index (κ2) is 9.19. The maximum Gasteiger partial charge on any atom is 0.309 e. The molecule has 0 radical (unpaired) electrons. The number of nitrogens with one attached hydrogen (secondary N) is 2. The van der Waals surface area contributed by atoms with E-state index in [0.717, 1.165) is 24.3 Å². The van der Waals surface area contributed by atoms with Gasteiger partial charge >= 0.3 is 11.8 Å². The van der Waals surface area contributed by atoms with Crippen LogP contribution in [0.2, 0.25) is 0 Å². The van der Waals surface area contributed by atoms with E-state index in [-0.39, 0.29) is 19.4 Å². The molecule has 2 aliphatic heterocycles. The summed E-state index contributed by atoms with van der Waals surface area (Å²) in [5.74, 6) is 0.00302. The van der Waals surface area contributed by atoms with Crippen LogP contribution in [0, 0.1) is 0 Å². The summed E-state index contributed by atoms with van der Waals surface area (Å²) >= 11 is 0. The molecule has 1 aromatic heterocycles. The Kier molecular flexibility index (Phi) is 6.20. The van der Waals surface area contributed by atoms with Crippen LogP contribution in [-0.4, -0.2) is 60.9 Å². The number of carbonyl (C=O) groups excluding carboxylic acids is 2. The summed E-state index contributed by atoms with van der Waals surface area (Å²) in [5, 5.41) is 5.43. The van der Waals surface area contributed by atoms with E-state index in [0.29, 0.717) is 31.3 Å². The van der Waals surface area contributed by atoms with E-state index in [1.165, 1.54) is 0 Å². The number of benzene rings is 1. The van der Waals surface area contributed by atoms with Gasteiger partial charge in [-0.05, 0) is 29.8 Å². The van der Waals surface area contributed by atoms with Crippen LogP contribution in [0.4, 0.5) is 0 Å². The number of rotatable bonds is 6. The fraction of sp³-hybridized carbons (Fsp3) is 0.429. The zero-order valence-corrected chi connectivity index (χ0v) is 16.9. The molecule has 1 saturated heterocycles. The van der Waals surface area contributed by atoms with E-state index in [2.05, 4.69) is 15.5 Å². The number of hydrogen-bond donors (Lipinski definition) is 2. The Morgan fingerprint density at radius 3 is 2.60 bits per heavy atom. The number of amides is 2. The predicted octanol–water partition coefficient (Wildman–Crippen LogP) is 0.560. The molecular weight excluding hydrogens is 388 g/mol. The normalized spacial score (nSPS) is 16.8. The third kappa shape index (κ3) is 4.58. The van der Waals surface area contributed by atoms with Crippen LogP contribution in [0.3, 0.4) is 0 Å². The summed E-state index contributed by atoms with van der Waals surface area (Å²) in [6, 6.07) is 9.39. The molecule has 1 aromatic carbocycles. The van der Waals surface area contributed by atoms with Gasteiger partial charge in [0, 0.05) is 45.1 Å². The smallest absolute Gasteiger partial charge is 0.309 e. The minimum absolute atomic E-state index is 0.0282. The van der Waals surface area contributed by atoms with Crippen LogP contribution < -0.4 is 20.1 Å². The van der Waals surface area contributed by atoms with Gasteiger partial charge < -0.3 is 29.4 Å². The highest BCUT2D eigenvalue weighted by Crippen LogP contribution is 2.32. The minimum Gasteiger partial charge on any atom is -0.454 e. The Morgan fingerprint density at radius 2 is 1.83 bits per heavy atom. The molecule has 2 N–H and O–H groups in total. The first-order chi connectivity index (χ1) is 14.6. The van der Waals surface area contributed by atoms with Crippen molar-refractivity contribution < 1.29 is 23.8 Å². The average Bonchev–Trinajstić information content (AvgIpc) is 3.41. The van der Waals surface area contributed by atoms with Crippen molar-refractivity contribution in [2.24, 2.45) is 7.05 Å². The first kappa shape index (κ1) is 20.2. The first-order valence-electron chi connectivity index (χ1n) is 9.99. The molecule has 0 bridgehead atoms. The highest BCUT2D eigenvalue weighted by molar-refractivity contribution is 6.35. The fourth-order valence-corrected chi connectivity index (χ4v) is 3.71. The molecule has 1 atom stereocenters. The highest BCUT2D eigenvalue weighted by atomic mass is 16.7. The van der Waals surface area contributed by atoms with Gasteiger partial charge in [0.25, 0.3) is 0 Å². The number of hydrogen-bond acceptors (Lipinski definition) is 6. The van der Waals surface area contributed by atoms with Crippen LogP contribution in [0.25, 0.3) is 0 Å². The van der Waals surface area contributed by atoms with Gasteiger partial charge in [-0.2, -0.15) is 0 Å². The molecule has 3 heterocycles. The third-order valence-corrected chi connectivity index (χ3v) is 5.36. The average molecular weight is 414 g/mol. The van der Waals surface area contributed by atoms with Gasteiger partial charge in [-0.1, -0.05) is 6.07 Å². The van der Waals surface area contributed by atoms with Gasteiger partial charge in [0.2, 0.25) is 6.79 Å². The van der Waals surface area contributed by atoms with Crippen molar-refractivity contribution in [1.29, 1.82) is 0 Å². The molecule has 30 heavy (non-hydrogen) atoms. The van der Waals surface area contributed by atoms with Crippen LogP contribution in [0.5, 0.6) is 11.5 Å². The van der Waals surface area contributed by atoms with Crippen molar-refractivity contribution >= 4 is 11.8 Å². The van der Waals surface area contributed by atoms with Crippen molar-refractivity contribution in [3.8, 4) is 11.5 Å². The summed E-state index contributed by atoms with van der Waals surface area (Å²) in [6.07, 6.45) is 1.97. The molecule has 1 fully saturated rings. The van der Waals surface area contributed by atoms with E-state index >= 15 is 0 Å². The zero-order chi connectivity index (χ0) is 20.9. The lowest BCUT2D eigenvalue weighted by molar-refractivity contribution is -0.139. The number of aryl methyl sites for hydroxylation is 1. The third-order valence-electron chi connectivity index (χ3n) is 5.36. The lowest BCUT2D eigenvalue weighted by Crippen LogP contribution is -2.47. The van der Waals surface area contributed by atoms with Gasteiger partial charge in [0.15, 0.2) is 11.5 Å². The molecule has 0 spiro atoms. The van der Waals surface area contributed by atoms with Crippen LogP contribution in [-0.2, 0) is 27.9 Å². The predicted molar refractivity (Wildman–Crippen MR) is 108 cm³/mol. The van der Waals surface area contributed by atoms with Crippen molar-refractivity contribution in [3.05, 3.63) is 47.8 Å². The van der Waals surface area contributed by atoms with Gasteiger partial charge in [0.1, 0.15) is 0 Å². The van der Waals surface area contributed by atoms with E-state index in [1.54, 1.807) is 12.1 Å². The summed E-state index contributed by atoms with van der Waals surface area (Å²) < 4.78 is 18.1. The molecule has 0 unspecified atom stereocenters. The minimum atomic E-state index is -0.666. The van der Waals surface area contributed by atoms with Crippen LogP contribution in [0.1, 0.15) is 17.3 Å². The van der Waals surface area contributed by atoms with E-state index < -0.39 is 11.8 Å². The Labute approximate surface area is 174 Å². The van der Waals surface area contributed by atoms with Crippen molar-refractivity contribution in [1.82, 2.24) is 20.1 Å². The second-order valence-electron chi connectivity index (χ2n) is 7.29. The molecular formula is C21H26N4O5. The van der Waals surface area contributed by atoms with E-state index in [1.807, 2.05) is 36.0 Å². The van der Waals surface area contributed by atoms with Crippen LogP contribution in [0.15, 0.2) is 36.5 Å². The van der Waals surface area contributed by atoms with Gasteiger partial charge in [-0.15, -0.1) is 0 Å². The topological polar surface area (TPSA) is 94.1 Å². The van der Waals surface area contributed by atoms with Crippen molar-refractivity contribution in [2.45, 2.75) is 12.6 Å². The summed E-state index contributed by atoms with van der Waals surface area (Å²) in [5.41, 5.74) is 1.91. The molecule has 9 heteroatoms. The number of morpholine rings is 1. The number of carbonyl (C=O) groups is 2. The molecule has 0 saturated carbocycles. The number of ether oxygens (including phenoxy) is 3. The zero-order valence-electron chi connectivity index (χ0n) is 16.9. The SMILES string of the molecule is Cn1cccc1[C@@H](CNC(=O)C(=O)NCc1ccc2c(c1)OCO2)N1CCOCC1. The Balaban J connectivity index is 1.32. The summed E-state index contributed by atoms with van der Waals surface area (Å²) in [4.78, 5) is 26.9. The van der Waals surface area contributed by atoms with Gasteiger partial charge in [-0.3, -0.25) is 14.5 Å². The molecule has 160 valence electrons. The van der Waals surface area contributed by atoms with Crippen molar-refractivity contribution in [2.75, 3.05) is 39.6 Å². The van der Waals surface area contributed by atoms with Crippen LogP contribution >= 0.6 is 0 Å². The quantitative estimate of drug-likeness (QED) is 0.671.